The molecule has 0 unspecified atom stereocenters. The van der Waals surface area contributed by atoms with E-state index in [-0.39, 0.29) is 5.75 Å². The molecule has 2 aromatic rings. The summed E-state index contributed by atoms with van der Waals surface area (Å²) >= 11 is 0. The molecule has 25 heavy (non-hydrogen) atoms. The molecule has 6 heteroatoms. The van der Waals surface area contributed by atoms with Gasteiger partial charge in [0, 0.05) is 18.5 Å². The number of nitrogens with zero attached hydrogens (tertiary/aromatic N) is 2. The van der Waals surface area contributed by atoms with Crippen LogP contribution in [0, 0.1) is 0 Å². The van der Waals surface area contributed by atoms with E-state index in [0.29, 0.717) is 21.9 Å². The Morgan fingerprint density at radius 1 is 1.20 bits per heavy atom. The number of rotatable bonds is 4. The highest BCUT2D eigenvalue weighted by atomic mass is 32.2. The van der Waals surface area contributed by atoms with Crippen LogP contribution in [0.4, 0.5) is 0 Å². The Kier molecular flexibility index (Phi) is 4.58. The standard InChI is InChI=1S/C19H26N2O3S/c1-2-25(22,23)16-8-9-18-17(12-16)20-19(24-18)14-10-11-21(13-14)15-6-4-3-5-7-15/h8-9,12,14-15H,2-7,10-11,13H2,1H3/t14-/m1/s1. The van der Waals surface area contributed by atoms with Crippen LogP contribution in [0.2, 0.25) is 0 Å². The normalized spacial score (nSPS) is 23.5. The van der Waals surface area contributed by atoms with Crippen molar-refractivity contribution in [1.29, 1.82) is 0 Å². The van der Waals surface area contributed by atoms with Gasteiger partial charge in [0.2, 0.25) is 0 Å². The van der Waals surface area contributed by atoms with Crippen LogP contribution in [-0.4, -0.2) is 43.2 Å². The minimum Gasteiger partial charge on any atom is -0.440 e. The zero-order valence-electron chi connectivity index (χ0n) is 14.8. The molecule has 0 amide bonds. The second-order valence-corrected chi connectivity index (χ2v) is 9.64. The van der Waals surface area contributed by atoms with Crippen LogP contribution in [0.25, 0.3) is 11.1 Å². The summed E-state index contributed by atoms with van der Waals surface area (Å²) in [4.78, 5) is 7.56. The highest BCUT2D eigenvalue weighted by Gasteiger charge is 2.32. The van der Waals surface area contributed by atoms with Crippen LogP contribution in [0.5, 0.6) is 0 Å². The molecule has 2 fully saturated rings. The van der Waals surface area contributed by atoms with Crippen molar-refractivity contribution in [2.75, 3.05) is 18.8 Å². The van der Waals surface area contributed by atoms with Crippen molar-refractivity contribution in [2.45, 2.75) is 62.3 Å². The van der Waals surface area contributed by atoms with E-state index in [1.54, 1.807) is 25.1 Å². The first-order chi connectivity index (χ1) is 12.1. The van der Waals surface area contributed by atoms with Gasteiger partial charge >= 0.3 is 0 Å². The summed E-state index contributed by atoms with van der Waals surface area (Å²) in [7, 11) is -3.21. The Labute approximate surface area is 149 Å². The fourth-order valence-corrected chi connectivity index (χ4v) is 5.13. The average Bonchev–Trinajstić information content (AvgIpc) is 3.28. The Morgan fingerprint density at radius 2 is 2.00 bits per heavy atom. The van der Waals surface area contributed by atoms with Crippen LogP contribution in [0.1, 0.15) is 57.3 Å². The van der Waals surface area contributed by atoms with Gasteiger partial charge in [-0.3, -0.25) is 4.90 Å². The maximum Gasteiger partial charge on any atom is 0.199 e. The van der Waals surface area contributed by atoms with E-state index in [4.69, 9.17) is 4.42 Å². The van der Waals surface area contributed by atoms with Crippen LogP contribution in [-0.2, 0) is 9.84 Å². The number of sulfone groups is 1. The van der Waals surface area contributed by atoms with Gasteiger partial charge in [-0.1, -0.05) is 26.2 Å². The van der Waals surface area contributed by atoms with E-state index < -0.39 is 9.84 Å². The lowest BCUT2D eigenvalue weighted by atomic mass is 9.94. The van der Waals surface area contributed by atoms with Crippen molar-refractivity contribution in [3.63, 3.8) is 0 Å². The molecule has 0 bridgehead atoms. The van der Waals surface area contributed by atoms with Crippen LogP contribution < -0.4 is 0 Å². The van der Waals surface area contributed by atoms with Crippen LogP contribution in [0.3, 0.4) is 0 Å². The number of likely N-dealkylation sites (tertiary alicyclic amines) is 1. The molecule has 0 spiro atoms. The Hall–Kier alpha value is -1.40. The number of hydrogen-bond donors (Lipinski definition) is 0. The third-order valence-electron chi connectivity index (χ3n) is 5.77. The summed E-state index contributed by atoms with van der Waals surface area (Å²) in [5, 5.41) is 0. The van der Waals surface area contributed by atoms with E-state index in [0.717, 1.165) is 31.4 Å². The summed E-state index contributed by atoms with van der Waals surface area (Å²) in [5.74, 6) is 1.18. The van der Waals surface area contributed by atoms with E-state index in [1.807, 2.05) is 0 Å². The highest BCUT2D eigenvalue weighted by molar-refractivity contribution is 7.91. The van der Waals surface area contributed by atoms with E-state index in [9.17, 15) is 8.42 Å². The molecule has 1 atom stereocenters. The predicted molar refractivity (Wildman–Crippen MR) is 97.5 cm³/mol. The molecular weight excluding hydrogens is 336 g/mol. The quantitative estimate of drug-likeness (QED) is 0.829. The van der Waals surface area contributed by atoms with Crippen LogP contribution >= 0.6 is 0 Å². The van der Waals surface area contributed by atoms with Crippen LogP contribution in [0.15, 0.2) is 27.5 Å². The van der Waals surface area contributed by atoms with E-state index in [1.165, 1.54) is 32.1 Å². The first kappa shape index (κ1) is 17.0. The monoisotopic (exact) mass is 362 g/mol. The number of aromatic nitrogens is 1. The van der Waals surface area contributed by atoms with Gasteiger partial charge in [-0.25, -0.2) is 13.4 Å². The maximum absolute atomic E-state index is 12.1. The zero-order valence-corrected chi connectivity index (χ0v) is 15.6. The van der Waals surface area contributed by atoms with Gasteiger partial charge in [-0.05, 0) is 44.0 Å². The van der Waals surface area contributed by atoms with Gasteiger partial charge < -0.3 is 4.42 Å². The molecule has 2 heterocycles. The molecule has 1 saturated heterocycles. The molecule has 0 N–H and O–H groups in total. The largest absolute Gasteiger partial charge is 0.440 e. The van der Waals surface area contributed by atoms with Crippen molar-refractivity contribution in [1.82, 2.24) is 9.88 Å². The number of fused-ring (bicyclic) bond motifs is 1. The fraction of sp³-hybridized carbons (Fsp3) is 0.632. The zero-order chi connectivity index (χ0) is 17.4. The number of benzene rings is 1. The SMILES string of the molecule is CCS(=O)(=O)c1ccc2oc([C@@H]3CCN(C4CCCCC4)C3)nc2c1. The third-order valence-corrected chi connectivity index (χ3v) is 7.51. The molecule has 1 aliphatic heterocycles. The van der Waals surface area contributed by atoms with Gasteiger partial charge in [-0.15, -0.1) is 0 Å². The Morgan fingerprint density at radius 3 is 2.76 bits per heavy atom. The van der Waals surface area contributed by atoms with Gasteiger partial charge in [-0.2, -0.15) is 0 Å². The van der Waals surface area contributed by atoms with Crippen molar-refractivity contribution >= 4 is 20.9 Å². The lowest BCUT2D eigenvalue weighted by molar-refractivity contribution is 0.188. The predicted octanol–water partition coefficient (Wildman–Crippen LogP) is 3.74. The molecule has 2 aliphatic rings. The lowest BCUT2D eigenvalue weighted by Gasteiger charge is -2.30. The summed E-state index contributed by atoms with van der Waals surface area (Å²) in [6, 6.07) is 5.74. The minimum absolute atomic E-state index is 0.0994. The first-order valence-electron chi connectivity index (χ1n) is 9.44. The van der Waals surface area contributed by atoms with Crippen molar-refractivity contribution in [3.8, 4) is 0 Å². The summed E-state index contributed by atoms with van der Waals surface area (Å²) in [6.07, 6.45) is 7.79. The average molecular weight is 362 g/mol. The fourth-order valence-electron chi connectivity index (χ4n) is 4.23. The smallest absolute Gasteiger partial charge is 0.199 e. The molecule has 1 aromatic heterocycles. The van der Waals surface area contributed by atoms with Crippen molar-refractivity contribution in [3.05, 3.63) is 24.1 Å². The molecule has 1 aromatic carbocycles. The maximum atomic E-state index is 12.1. The second kappa shape index (κ2) is 6.72. The molecule has 5 nitrogen and oxygen atoms in total. The summed E-state index contributed by atoms with van der Waals surface area (Å²) in [6.45, 7) is 3.78. The van der Waals surface area contributed by atoms with Gasteiger partial charge in [0.1, 0.15) is 5.52 Å². The lowest BCUT2D eigenvalue weighted by Crippen LogP contribution is -2.34. The molecule has 136 valence electrons. The van der Waals surface area contributed by atoms with E-state index >= 15 is 0 Å². The molecule has 0 radical (unpaired) electrons. The topological polar surface area (TPSA) is 63.4 Å². The van der Waals surface area contributed by atoms with Gasteiger partial charge in [0.15, 0.2) is 21.3 Å². The van der Waals surface area contributed by atoms with Gasteiger partial charge in [0.25, 0.3) is 0 Å². The molecular formula is C19H26N2O3S. The highest BCUT2D eigenvalue weighted by Crippen LogP contribution is 2.33. The first-order valence-corrected chi connectivity index (χ1v) is 11.1. The minimum atomic E-state index is -3.21. The van der Waals surface area contributed by atoms with Crippen molar-refractivity contribution in [2.24, 2.45) is 0 Å². The Bertz CT molecular complexity index is 853. The molecule has 1 aliphatic carbocycles. The number of hydrogen-bond acceptors (Lipinski definition) is 5. The van der Waals surface area contributed by atoms with E-state index in [2.05, 4.69) is 9.88 Å². The summed E-state index contributed by atoms with van der Waals surface area (Å²) in [5.41, 5.74) is 1.34. The Balaban J connectivity index is 1.54. The van der Waals surface area contributed by atoms with Crippen molar-refractivity contribution < 1.29 is 12.8 Å². The second-order valence-electron chi connectivity index (χ2n) is 7.36. The molecule has 4 rings (SSSR count). The third kappa shape index (κ3) is 3.34. The molecule has 1 saturated carbocycles. The summed E-state index contributed by atoms with van der Waals surface area (Å²) < 4.78 is 30.1. The van der Waals surface area contributed by atoms with Gasteiger partial charge in [0.05, 0.1) is 10.6 Å². The number of oxazole rings is 1.